The highest BCUT2D eigenvalue weighted by atomic mass is 16.5. The van der Waals surface area contributed by atoms with Crippen molar-refractivity contribution in [2.75, 3.05) is 13.2 Å². The summed E-state index contributed by atoms with van der Waals surface area (Å²) in [4.78, 5) is 17.3. The molecule has 0 saturated carbocycles. The number of nitrogens with one attached hydrogen (secondary N) is 1. The summed E-state index contributed by atoms with van der Waals surface area (Å²) >= 11 is 0. The van der Waals surface area contributed by atoms with Gasteiger partial charge in [0.05, 0.1) is 24.1 Å². The summed E-state index contributed by atoms with van der Waals surface area (Å²) in [5.41, 5.74) is 5.63. The number of hydrogen-bond donors (Lipinski definition) is 1. The first-order valence-electron chi connectivity index (χ1n) is 12.1. The number of nitrogens with zero attached hydrogens (tertiary/aromatic N) is 2. The predicted molar refractivity (Wildman–Crippen MR) is 137 cm³/mol. The van der Waals surface area contributed by atoms with Gasteiger partial charge in [-0.25, -0.2) is 4.98 Å². The van der Waals surface area contributed by atoms with Gasteiger partial charge in [-0.15, -0.1) is 0 Å². The molecule has 0 spiro atoms. The first-order chi connectivity index (χ1) is 16.6. The Morgan fingerprint density at radius 2 is 1.76 bits per heavy atom. The molecule has 1 heterocycles. The Balaban J connectivity index is 1.33. The number of imidazole rings is 1. The Kier molecular flexibility index (Phi) is 7.97. The summed E-state index contributed by atoms with van der Waals surface area (Å²) in [7, 11) is 0. The number of rotatable bonds is 11. The first kappa shape index (κ1) is 23.6. The molecule has 176 valence electrons. The molecule has 0 aliphatic carbocycles. The van der Waals surface area contributed by atoms with Crippen LogP contribution in [0.15, 0.2) is 72.8 Å². The van der Waals surface area contributed by atoms with Crippen LogP contribution in [0, 0.1) is 6.92 Å². The molecule has 3 aromatic carbocycles. The van der Waals surface area contributed by atoms with Crippen molar-refractivity contribution in [3.8, 4) is 5.75 Å². The largest absolute Gasteiger partial charge is 0.494 e. The molecular weight excluding hydrogens is 422 g/mol. The number of amides is 1. The third-order valence-electron chi connectivity index (χ3n) is 6.14. The molecule has 0 saturated heterocycles. The number of carbonyl (C=O) groups excluding carboxylic acids is 1. The molecular formula is C29H33N3O2. The van der Waals surface area contributed by atoms with Crippen LogP contribution < -0.4 is 10.1 Å². The van der Waals surface area contributed by atoms with Gasteiger partial charge in [-0.3, -0.25) is 4.79 Å². The van der Waals surface area contributed by atoms with Crippen LogP contribution in [0.3, 0.4) is 0 Å². The average molecular weight is 456 g/mol. The zero-order chi connectivity index (χ0) is 23.8. The Bertz CT molecular complexity index is 1230. The summed E-state index contributed by atoms with van der Waals surface area (Å²) in [6, 6.07) is 24.5. The van der Waals surface area contributed by atoms with Crippen molar-refractivity contribution >= 4 is 16.9 Å². The van der Waals surface area contributed by atoms with Crippen LogP contribution in [0.1, 0.15) is 35.9 Å². The lowest BCUT2D eigenvalue weighted by atomic mass is 10.1. The second-order valence-corrected chi connectivity index (χ2v) is 8.57. The Hall–Kier alpha value is -3.60. The normalized spacial score (nSPS) is 11.0. The van der Waals surface area contributed by atoms with Gasteiger partial charge < -0.3 is 14.6 Å². The van der Waals surface area contributed by atoms with Crippen LogP contribution >= 0.6 is 0 Å². The Morgan fingerprint density at radius 1 is 1.00 bits per heavy atom. The zero-order valence-electron chi connectivity index (χ0n) is 20.1. The lowest BCUT2D eigenvalue weighted by Crippen LogP contribution is -2.28. The van der Waals surface area contributed by atoms with Crippen LogP contribution in [0.5, 0.6) is 5.75 Å². The van der Waals surface area contributed by atoms with Crippen LogP contribution in [0.4, 0.5) is 0 Å². The topological polar surface area (TPSA) is 56.1 Å². The van der Waals surface area contributed by atoms with Crippen LogP contribution in [0.2, 0.25) is 0 Å². The number of carbonyl (C=O) groups is 1. The average Bonchev–Trinajstić information content (AvgIpc) is 3.21. The van der Waals surface area contributed by atoms with Gasteiger partial charge in [0.15, 0.2) is 0 Å². The second kappa shape index (κ2) is 11.5. The monoisotopic (exact) mass is 455 g/mol. The van der Waals surface area contributed by atoms with Crippen LogP contribution in [-0.2, 0) is 30.6 Å². The van der Waals surface area contributed by atoms with E-state index in [4.69, 9.17) is 9.72 Å². The van der Waals surface area contributed by atoms with Gasteiger partial charge in [0.2, 0.25) is 5.91 Å². The van der Waals surface area contributed by atoms with E-state index in [1.165, 1.54) is 5.56 Å². The van der Waals surface area contributed by atoms with Crippen molar-refractivity contribution in [2.45, 2.75) is 46.1 Å². The highest BCUT2D eigenvalue weighted by Gasteiger charge is 2.11. The van der Waals surface area contributed by atoms with Gasteiger partial charge in [0.25, 0.3) is 0 Å². The predicted octanol–water partition coefficient (Wildman–Crippen LogP) is 5.28. The quantitative estimate of drug-likeness (QED) is 0.313. The lowest BCUT2D eigenvalue weighted by Gasteiger charge is -2.11. The van der Waals surface area contributed by atoms with Crippen molar-refractivity contribution in [3.05, 3.63) is 95.3 Å². The number of benzene rings is 3. The Labute approximate surface area is 201 Å². The standard InChI is InChI=1S/C29H33N3O2/c1-3-23-13-15-25(16-14-23)34-20-8-19-32-27-12-7-6-11-26(27)31-28(32)17-18-30-29(33)21-24-10-5-4-9-22(24)2/h4-7,9-16H,3,8,17-21H2,1-2H3,(H,30,33). The van der Waals surface area contributed by atoms with E-state index in [0.717, 1.165) is 53.1 Å². The van der Waals surface area contributed by atoms with E-state index in [9.17, 15) is 4.79 Å². The second-order valence-electron chi connectivity index (χ2n) is 8.57. The number of para-hydroxylation sites is 2. The first-order valence-corrected chi connectivity index (χ1v) is 12.1. The maximum Gasteiger partial charge on any atom is 0.224 e. The molecule has 1 aromatic heterocycles. The van der Waals surface area contributed by atoms with Gasteiger partial charge in [0, 0.05) is 19.5 Å². The SMILES string of the molecule is CCc1ccc(OCCCn2c(CCNC(=O)Cc3ccccc3C)nc3ccccc32)cc1. The minimum atomic E-state index is 0.0412. The molecule has 0 atom stereocenters. The molecule has 1 N–H and O–H groups in total. The molecule has 5 heteroatoms. The van der Waals surface area contributed by atoms with Gasteiger partial charge in [-0.1, -0.05) is 55.5 Å². The third kappa shape index (κ3) is 6.04. The summed E-state index contributed by atoms with van der Waals surface area (Å²) < 4.78 is 8.20. The molecule has 0 fully saturated rings. The van der Waals surface area contributed by atoms with E-state index < -0.39 is 0 Å². The highest BCUT2D eigenvalue weighted by molar-refractivity contribution is 5.79. The number of aromatic nitrogens is 2. The molecule has 4 aromatic rings. The maximum atomic E-state index is 12.4. The molecule has 0 radical (unpaired) electrons. The van der Waals surface area contributed by atoms with E-state index in [1.807, 2.05) is 61.5 Å². The number of aryl methyl sites for hydroxylation is 3. The number of fused-ring (bicyclic) bond motifs is 1. The van der Waals surface area contributed by atoms with E-state index in [0.29, 0.717) is 26.0 Å². The van der Waals surface area contributed by atoms with Gasteiger partial charge in [-0.2, -0.15) is 0 Å². The number of hydrogen-bond acceptors (Lipinski definition) is 3. The maximum absolute atomic E-state index is 12.4. The van der Waals surface area contributed by atoms with E-state index in [2.05, 4.69) is 35.0 Å². The summed E-state index contributed by atoms with van der Waals surface area (Å²) in [6.45, 7) is 6.21. The molecule has 0 aliphatic heterocycles. The van der Waals surface area contributed by atoms with Crippen molar-refractivity contribution in [3.63, 3.8) is 0 Å². The Morgan fingerprint density at radius 3 is 2.56 bits per heavy atom. The summed E-state index contributed by atoms with van der Waals surface area (Å²) in [5.74, 6) is 1.94. The molecule has 0 aliphatic rings. The zero-order valence-corrected chi connectivity index (χ0v) is 20.1. The smallest absolute Gasteiger partial charge is 0.224 e. The fourth-order valence-electron chi connectivity index (χ4n) is 4.16. The number of ether oxygens (including phenoxy) is 1. The minimum absolute atomic E-state index is 0.0412. The molecule has 1 amide bonds. The summed E-state index contributed by atoms with van der Waals surface area (Å²) in [5, 5.41) is 3.06. The minimum Gasteiger partial charge on any atom is -0.494 e. The molecule has 4 rings (SSSR count). The van der Waals surface area contributed by atoms with Crippen molar-refractivity contribution < 1.29 is 9.53 Å². The van der Waals surface area contributed by atoms with Crippen LogP contribution in [-0.4, -0.2) is 28.6 Å². The molecule has 5 nitrogen and oxygen atoms in total. The van der Waals surface area contributed by atoms with E-state index in [-0.39, 0.29) is 5.91 Å². The third-order valence-corrected chi connectivity index (χ3v) is 6.14. The van der Waals surface area contributed by atoms with Gasteiger partial charge in [-0.05, 0) is 60.7 Å². The van der Waals surface area contributed by atoms with Crippen LogP contribution in [0.25, 0.3) is 11.0 Å². The highest BCUT2D eigenvalue weighted by Crippen LogP contribution is 2.18. The van der Waals surface area contributed by atoms with Gasteiger partial charge >= 0.3 is 0 Å². The van der Waals surface area contributed by atoms with E-state index >= 15 is 0 Å². The molecule has 34 heavy (non-hydrogen) atoms. The van der Waals surface area contributed by atoms with E-state index in [1.54, 1.807) is 0 Å². The lowest BCUT2D eigenvalue weighted by molar-refractivity contribution is -0.120. The fraction of sp³-hybridized carbons (Fsp3) is 0.310. The van der Waals surface area contributed by atoms with Gasteiger partial charge in [0.1, 0.15) is 11.6 Å². The molecule has 0 bridgehead atoms. The molecule has 0 unspecified atom stereocenters. The summed E-state index contributed by atoms with van der Waals surface area (Å²) in [6.07, 6.45) is 3.00. The van der Waals surface area contributed by atoms with Crippen molar-refractivity contribution in [1.82, 2.24) is 14.9 Å². The fourth-order valence-corrected chi connectivity index (χ4v) is 4.16. The van der Waals surface area contributed by atoms with Crippen molar-refractivity contribution in [1.29, 1.82) is 0 Å². The van der Waals surface area contributed by atoms with Crippen molar-refractivity contribution in [2.24, 2.45) is 0 Å².